The van der Waals surface area contributed by atoms with E-state index in [0.29, 0.717) is 12.8 Å². The Balaban J connectivity index is 2.08. The fourth-order valence-electron chi connectivity index (χ4n) is 5.39. The van der Waals surface area contributed by atoms with Crippen molar-refractivity contribution in [2.24, 2.45) is 17.8 Å². The van der Waals surface area contributed by atoms with Gasteiger partial charge in [0.15, 0.2) is 0 Å². The van der Waals surface area contributed by atoms with Crippen molar-refractivity contribution in [2.75, 3.05) is 0 Å². The third-order valence-electron chi connectivity index (χ3n) is 7.76. The number of rotatable bonds is 9. The maximum Gasteiger partial charge on any atom is 0.243 e. The molecule has 0 aliphatic carbocycles. The Bertz CT molecular complexity index is 1250. The standard InChI is InChI=1S/C35H49N5O5/c1-21(2)17-26-31(41)37-29(20-25-15-11-8-12-16-25)33(43)38-28(19-24-13-9-7-10-14-24)32(42)36-27(18-22(3)4)34(44)40-30(23(5)6)35(45)39-26/h7-16,21-23,26-30H,17-20H2,1-6H3,(H,36,42)(H,37,41)(H,38,43)(H,39,45)(H,40,44). The second kappa shape index (κ2) is 16.7. The van der Waals surface area contributed by atoms with Gasteiger partial charge in [-0.1, -0.05) is 102 Å². The Kier molecular flexibility index (Phi) is 13.1. The lowest BCUT2D eigenvalue weighted by Crippen LogP contribution is -2.59. The fourth-order valence-corrected chi connectivity index (χ4v) is 5.39. The van der Waals surface area contributed by atoms with Crippen LogP contribution in [0.25, 0.3) is 0 Å². The van der Waals surface area contributed by atoms with E-state index in [4.69, 9.17) is 0 Å². The lowest BCUT2D eigenvalue weighted by molar-refractivity contribution is -0.135. The van der Waals surface area contributed by atoms with E-state index in [0.717, 1.165) is 11.1 Å². The first-order chi connectivity index (χ1) is 21.3. The minimum absolute atomic E-state index is 0.0455. The molecule has 10 heteroatoms. The van der Waals surface area contributed by atoms with Crippen molar-refractivity contribution in [2.45, 2.75) is 97.4 Å². The molecule has 0 bridgehead atoms. The van der Waals surface area contributed by atoms with E-state index in [1.807, 2.05) is 88.4 Å². The topological polar surface area (TPSA) is 146 Å². The third kappa shape index (κ3) is 11.0. The van der Waals surface area contributed by atoms with Crippen molar-refractivity contribution in [3.05, 3.63) is 71.8 Å². The number of nitrogens with one attached hydrogen (secondary N) is 5. The summed E-state index contributed by atoms with van der Waals surface area (Å²) >= 11 is 0. The normalized spacial score (nSPS) is 23.8. The summed E-state index contributed by atoms with van der Waals surface area (Å²) < 4.78 is 0. The van der Waals surface area contributed by atoms with Crippen LogP contribution in [0.15, 0.2) is 60.7 Å². The number of carbonyl (C=O) groups excluding carboxylic acids is 5. The molecule has 5 amide bonds. The molecule has 10 nitrogen and oxygen atoms in total. The third-order valence-corrected chi connectivity index (χ3v) is 7.76. The van der Waals surface area contributed by atoms with E-state index < -0.39 is 59.7 Å². The molecule has 1 fully saturated rings. The summed E-state index contributed by atoms with van der Waals surface area (Å²) in [6, 6.07) is 13.6. The first kappa shape index (κ1) is 35.3. The predicted molar refractivity (Wildman–Crippen MR) is 174 cm³/mol. The van der Waals surface area contributed by atoms with Gasteiger partial charge in [-0.25, -0.2) is 0 Å². The monoisotopic (exact) mass is 619 g/mol. The summed E-state index contributed by atoms with van der Waals surface area (Å²) in [5.41, 5.74) is 1.63. The molecule has 1 saturated heterocycles. The number of hydrogen-bond donors (Lipinski definition) is 5. The Labute approximate surface area is 266 Å². The molecule has 1 aliphatic rings. The van der Waals surface area contributed by atoms with E-state index in [1.165, 1.54) is 0 Å². The Hall–Kier alpha value is -4.21. The summed E-state index contributed by atoms with van der Waals surface area (Å²) in [6.45, 7) is 11.4. The molecule has 5 atom stereocenters. The second-order valence-electron chi connectivity index (χ2n) is 13.1. The van der Waals surface area contributed by atoms with Crippen molar-refractivity contribution in [3.63, 3.8) is 0 Å². The largest absolute Gasteiger partial charge is 0.343 e. The summed E-state index contributed by atoms with van der Waals surface area (Å²) in [7, 11) is 0. The number of carbonyl (C=O) groups is 5. The van der Waals surface area contributed by atoms with E-state index in [2.05, 4.69) is 26.6 Å². The first-order valence-electron chi connectivity index (χ1n) is 15.9. The maximum absolute atomic E-state index is 13.9. The van der Waals surface area contributed by atoms with Gasteiger partial charge in [0.2, 0.25) is 29.5 Å². The van der Waals surface area contributed by atoms with Gasteiger partial charge in [-0.3, -0.25) is 24.0 Å². The highest BCUT2D eigenvalue weighted by Gasteiger charge is 2.35. The van der Waals surface area contributed by atoms with Gasteiger partial charge in [0.05, 0.1) is 0 Å². The van der Waals surface area contributed by atoms with Crippen LogP contribution in [0.2, 0.25) is 0 Å². The number of benzene rings is 2. The van der Waals surface area contributed by atoms with Gasteiger partial charge in [-0.2, -0.15) is 0 Å². The van der Waals surface area contributed by atoms with Gasteiger partial charge in [0.25, 0.3) is 0 Å². The van der Waals surface area contributed by atoms with Gasteiger partial charge in [-0.05, 0) is 41.7 Å². The lowest BCUT2D eigenvalue weighted by atomic mass is 9.98. The summed E-state index contributed by atoms with van der Waals surface area (Å²) in [4.78, 5) is 68.8. The lowest BCUT2D eigenvalue weighted by Gasteiger charge is -2.28. The molecule has 0 spiro atoms. The van der Waals surface area contributed by atoms with E-state index >= 15 is 0 Å². The second-order valence-corrected chi connectivity index (χ2v) is 13.1. The highest BCUT2D eigenvalue weighted by molar-refractivity contribution is 5.98. The molecular formula is C35H49N5O5. The summed E-state index contributed by atoms with van der Waals surface area (Å²) in [6.07, 6.45) is 0.988. The molecule has 0 aromatic heterocycles. The minimum atomic E-state index is -1.03. The Morgan fingerprint density at radius 2 is 0.800 bits per heavy atom. The zero-order chi connectivity index (χ0) is 33.1. The molecule has 5 unspecified atom stereocenters. The van der Waals surface area contributed by atoms with Crippen molar-refractivity contribution >= 4 is 29.5 Å². The van der Waals surface area contributed by atoms with Crippen molar-refractivity contribution in [1.82, 2.24) is 26.6 Å². The molecule has 0 saturated carbocycles. The quantitative estimate of drug-likeness (QED) is 0.293. The zero-order valence-corrected chi connectivity index (χ0v) is 27.3. The summed E-state index contributed by atoms with van der Waals surface area (Å²) in [5, 5.41) is 14.3. The van der Waals surface area contributed by atoms with Gasteiger partial charge in [-0.15, -0.1) is 0 Å². The Morgan fingerprint density at radius 3 is 1.18 bits per heavy atom. The molecular weight excluding hydrogens is 570 g/mol. The van der Waals surface area contributed by atoms with E-state index in [1.54, 1.807) is 13.8 Å². The average Bonchev–Trinajstić information content (AvgIpc) is 2.98. The molecule has 2 aromatic rings. The summed E-state index contributed by atoms with van der Waals surface area (Å²) in [5.74, 6) is -2.81. The van der Waals surface area contributed by atoms with Crippen LogP contribution in [0.5, 0.6) is 0 Å². The highest BCUT2D eigenvalue weighted by Crippen LogP contribution is 2.13. The number of hydrogen-bond acceptors (Lipinski definition) is 5. The molecule has 1 aliphatic heterocycles. The minimum Gasteiger partial charge on any atom is -0.343 e. The molecule has 45 heavy (non-hydrogen) atoms. The van der Waals surface area contributed by atoms with Crippen LogP contribution >= 0.6 is 0 Å². The molecule has 0 radical (unpaired) electrons. The molecule has 1 heterocycles. The van der Waals surface area contributed by atoms with Gasteiger partial charge >= 0.3 is 0 Å². The van der Waals surface area contributed by atoms with Crippen LogP contribution < -0.4 is 26.6 Å². The van der Waals surface area contributed by atoms with Gasteiger partial charge < -0.3 is 26.6 Å². The SMILES string of the molecule is CC(C)CC1NC(=O)C(Cc2ccccc2)NC(=O)C(Cc2ccccc2)NC(=O)C(CC(C)C)NC(=O)C(C(C)C)NC1=O. The van der Waals surface area contributed by atoms with E-state index in [9.17, 15) is 24.0 Å². The van der Waals surface area contributed by atoms with Gasteiger partial charge in [0, 0.05) is 12.8 Å². The molecule has 244 valence electrons. The maximum atomic E-state index is 13.9. The van der Waals surface area contributed by atoms with Crippen molar-refractivity contribution < 1.29 is 24.0 Å². The van der Waals surface area contributed by atoms with Crippen LogP contribution in [0.4, 0.5) is 0 Å². The average molecular weight is 620 g/mol. The first-order valence-corrected chi connectivity index (χ1v) is 15.9. The Morgan fingerprint density at radius 1 is 0.467 bits per heavy atom. The zero-order valence-electron chi connectivity index (χ0n) is 27.3. The highest BCUT2D eigenvalue weighted by atomic mass is 16.2. The van der Waals surface area contributed by atoms with Crippen LogP contribution in [0, 0.1) is 17.8 Å². The van der Waals surface area contributed by atoms with Crippen molar-refractivity contribution in [1.29, 1.82) is 0 Å². The van der Waals surface area contributed by atoms with Crippen LogP contribution in [0.3, 0.4) is 0 Å². The van der Waals surface area contributed by atoms with E-state index in [-0.39, 0.29) is 30.6 Å². The van der Waals surface area contributed by atoms with Crippen molar-refractivity contribution in [3.8, 4) is 0 Å². The smallest absolute Gasteiger partial charge is 0.243 e. The molecule has 5 N–H and O–H groups in total. The predicted octanol–water partition coefficient (Wildman–Crippen LogP) is 2.66. The number of amides is 5. The fraction of sp³-hybridized carbons (Fsp3) is 0.514. The van der Waals surface area contributed by atoms with Crippen LogP contribution in [-0.4, -0.2) is 59.7 Å². The molecule has 2 aromatic carbocycles. The van der Waals surface area contributed by atoms with Crippen LogP contribution in [-0.2, 0) is 36.8 Å². The molecule has 3 rings (SSSR count). The van der Waals surface area contributed by atoms with Crippen LogP contribution in [0.1, 0.15) is 65.5 Å². The van der Waals surface area contributed by atoms with Gasteiger partial charge in [0.1, 0.15) is 30.2 Å².